The van der Waals surface area contributed by atoms with Crippen molar-refractivity contribution in [2.45, 2.75) is 12.6 Å². The molecule has 7 heteroatoms. The van der Waals surface area contributed by atoms with Gasteiger partial charge in [0.05, 0.1) is 0 Å². The van der Waals surface area contributed by atoms with Crippen molar-refractivity contribution < 1.29 is 14.4 Å². The second-order valence-electron chi connectivity index (χ2n) is 4.82. The number of nitrogens with one attached hydrogen (secondary N) is 3. The maximum atomic E-state index is 11.5. The van der Waals surface area contributed by atoms with Crippen LogP contribution in [0.1, 0.15) is 11.1 Å². The van der Waals surface area contributed by atoms with Gasteiger partial charge in [-0.25, -0.2) is 9.59 Å². The Morgan fingerprint density at radius 1 is 1.24 bits per heavy atom. The molecule has 0 saturated carbocycles. The molecule has 2 heterocycles. The first-order valence-electron chi connectivity index (χ1n) is 6.31. The smallest absolute Gasteiger partial charge is 0.322 e. The van der Waals surface area contributed by atoms with Crippen molar-refractivity contribution in [2.75, 3.05) is 12.4 Å². The summed E-state index contributed by atoms with van der Waals surface area (Å²) in [6.45, 7) is 0.497. The third-order valence-electron chi connectivity index (χ3n) is 3.24. The van der Waals surface area contributed by atoms with Crippen LogP contribution in [0.4, 0.5) is 15.3 Å². The largest absolute Gasteiger partial charge is 0.323 e. The number of carbonyl (C=O) groups excluding carboxylic acids is 3. The topological polar surface area (TPSA) is 90.5 Å². The molecule has 1 atom stereocenters. The second kappa shape index (κ2) is 4.83. The van der Waals surface area contributed by atoms with Crippen LogP contribution >= 0.6 is 0 Å². The summed E-state index contributed by atoms with van der Waals surface area (Å²) >= 11 is 0. The number of hydrogen-bond donors (Lipinski definition) is 3. The Labute approximate surface area is 120 Å². The molecule has 0 bridgehead atoms. The van der Waals surface area contributed by atoms with Crippen LogP contribution in [0.25, 0.3) is 0 Å². The summed E-state index contributed by atoms with van der Waals surface area (Å²) in [7, 11) is 1.70. The van der Waals surface area contributed by atoms with Gasteiger partial charge in [-0.1, -0.05) is 11.8 Å². The molecule has 2 aliphatic heterocycles. The van der Waals surface area contributed by atoms with E-state index in [4.69, 9.17) is 0 Å². The minimum absolute atomic E-state index is 0.147. The van der Waals surface area contributed by atoms with Crippen LogP contribution in [0.2, 0.25) is 0 Å². The van der Waals surface area contributed by atoms with Gasteiger partial charge in [-0.05, 0) is 23.8 Å². The summed E-state index contributed by atoms with van der Waals surface area (Å²) in [5.41, 5.74) is 2.42. The molecular formula is C14H12N4O3. The van der Waals surface area contributed by atoms with E-state index in [1.165, 1.54) is 0 Å². The predicted octanol–water partition coefficient (Wildman–Crippen LogP) is 0.223. The van der Waals surface area contributed by atoms with Gasteiger partial charge in [-0.15, -0.1) is 0 Å². The molecule has 0 aromatic heterocycles. The zero-order chi connectivity index (χ0) is 15.0. The average Bonchev–Trinajstić information content (AvgIpc) is 2.76. The van der Waals surface area contributed by atoms with E-state index in [2.05, 4.69) is 27.8 Å². The number of imide groups is 1. The molecule has 7 nitrogen and oxygen atoms in total. The lowest BCUT2D eigenvalue weighted by Gasteiger charge is -2.25. The van der Waals surface area contributed by atoms with Crippen molar-refractivity contribution in [3.63, 3.8) is 0 Å². The molecule has 1 fully saturated rings. The summed E-state index contributed by atoms with van der Waals surface area (Å²) in [5, 5.41) is 7.29. The Balaban J connectivity index is 1.82. The van der Waals surface area contributed by atoms with Crippen molar-refractivity contribution >= 4 is 23.7 Å². The van der Waals surface area contributed by atoms with Crippen molar-refractivity contribution in [3.05, 3.63) is 29.3 Å². The van der Waals surface area contributed by atoms with E-state index in [0.717, 1.165) is 11.3 Å². The first kappa shape index (κ1) is 13.0. The number of carbonyl (C=O) groups is 3. The minimum Gasteiger partial charge on any atom is -0.323 e. The van der Waals surface area contributed by atoms with E-state index >= 15 is 0 Å². The number of amides is 5. The van der Waals surface area contributed by atoms with E-state index < -0.39 is 18.0 Å². The van der Waals surface area contributed by atoms with Gasteiger partial charge in [0, 0.05) is 24.8 Å². The van der Waals surface area contributed by atoms with Crippen LogP contribution in [-0.4, -0.2) is 36.0 Å². The predicted molar refractivity (Wildman–Crippen MR) is 74.3 cm³/mol. The lowest BCUT2D eigenvalue weighted by Crippen LogP contribution is -2.35. The number of hydrogen-bond acceptors (Lipinski definition) is 3. The fourth-order valence-electron chi connectivity index (χ4n) is 2.14. The summed E-state index contributed by atoms with van der Waals surface area (Å²) in [4.78, 5) is 35.4. The third-order valence-corrected chi connectivity index (χ3v) is 3.24. The number of nitrogens with zero attached hydrogens (tertiary/aromatic N) is 1. The molecule has 0 unspecified atom stereocenters. The number of rotatable bonds is 0. The highest BCUT2D eigenvalue weighted by atomic mass is 16.2. The molecule has 5 amide bonds. The van der Waals surface area contributed by atoms with Crippen molar-refractivity contribution in [1.82, 2.24) is 15.5 Å². The average molecular weight is 284 g/mol. The van der Waals surface area contributed by atoms with Crippen LogP contribution < -0.4 is 16.0 Å². The van der Waals surface area contributed by atoms with Gasteiger partial charge in [-0.2, -0.15) is 0 Å². The monoisotopic (exact) mass is 284 g/mol. The lowest BCUT2D eigenvalue weighted by molar-refractivity contribution is -0.119. The van der Waals surface area contributed by atoms with E-state index in [1.807, 2.05) is 6.07 Å². The standard InChI is InChI=1S/C14H12N4O3/c1-18-7-9-6-8(2-4-10(9)16-14(18)21)3-5-11-12(19)17-13(20)15-11/h2,4,6,11H,7H2,1H3,(H,16,21)(H2,15,17,19,20)/t11-/m0/s1. The number of fused-ring (bicyclic) bond motifs is 1. The van der Waals surface area contributed by atoms with Gasteiger partial charge in [-0.3, -0.25) is 10.1 Å². The van der Waals surface area contributed by atoms with E-state index in [9.17, 15) is 14.4 Å². The normalized spacial score (nSPS) is 20.0. The Bertz CT molecular complexity index is 717. The minimum atomic E-state index is -0.823. The summed E-state index contributed by atoms with van der Waals surface area (Å²) in [6, 6.07) is 3.88. The van der Waals surface area contributed by atoms with Gasteiger partial charge < -0.3 is 15.5 Å². The Hall–Kier alpha value is -3.01. The number of urea groups is 2. The highest BCUT2D eigenvalue weighted by Crippen LogP contribution is 2.23. The van der Waals surface area contributed by atoms with Gasteiger partial charge in [0.25, 0.3) is 5.91 Å². The van der Waals surface area contributed by atoms with Gasteiger partial charge in [0.1, 0.15) is 0 Å². The quantitative estimate of drug-likeness (QED) is 0.470. The maximum Gasteiger partial charge on any atom is 0.322 e. The van der Waals surface area contributed by atoms with Crippen molar-refractivity contribution in [2.24, 2.45) is 0 Å². The van der Waals surface area contributed by atoms with Crippen molar-refractivity contribution in [1.29, 1.82) is 0 Å². The number of benzene rings is 1. The molecule has 1 aromatic carbocycles. The summed E-state index contributed by atoms with van der Waals surface area (Å²) in [6.07, 6.45) is 0. The molecule has 3 rings (SSSR count). The zero-order valence-electron chi connectivity index (χ0n) is 11.2. The Morgan fingerprint density at radius 3 is 2.76 bits per heavy atom. The molecule has 1 saturated heterocycles. The highest BCUT2D eigenvalue weighted by molar-refractivity contribution is 6.05. The van der Waals surface area contributed by atoms with Crippen LogP contribution in [0.15, 0.2) is 18.2 Å². The molecule has 21 heavy (non-hydrogen) atoms. The molecular weight excluding hydrogens is 272 g/mol. The van der Waals surface area contributed by atoms with Crippen LogP contribution in [0.3, 0.4) is 0 Å². The second-order valence-corrected chi connectivity index (χ2v) is 4.82. The van der Waals surface area contributed by atoms with Gasteiger partial charge in [0.2, 0.25) is 0 Å². The summed E-state index contributed by atoms with van der Waals surface area (Å²) in [5.74, 6) is 5.12. The molecule has 0 aliphatic carbocycles. The molecule has 106 valence electrons. The first-order chi connectivity index (χ1) is 10.0. The van der Waals surface area contributed by atoms with E-state index in [1.54, 1.807) is 24.1 Å². The summed E-state index contributed by atoms with van der Waals surface area (Å²) < 4.78 is 0. The molecule has 1 aromatic rings. The fraction of sp³-hybridized carbons (Fsp3) is 0.214. The third kappa shape index (κ3) is 2.51. The Morgan fingerprint density at radius 2 is 2.05 bits per heavy atom. The first-order valence-corrected chi connectivity index (χ1v) is 6.31. The van der Waals surface area contributed by atoms with Crippen molar-refractivity contribution in [3.8, 4) is 11.8 Å². The van der Waals surface area contributed by atoms with E-state index in [0.29, 0.717) is 12.1 Å². The molecule has 0 spiro atoms. The van der Waals surface area contributed by atoms with Gasteiger partial charge >= 0.3 is 12.1 Å². The molecule has 2 aliphatic rings. The Kier molecular flexibility index (Phi) is 2.99. The maximum absolute atomic E-state index is 11.5. The molecule has 0 radical (unpaired) electrons. The number of anilines is 1. The van der Waals surface area contributed by atoms with E-state index in [-0.39, 0.29) is 6.03 Å². The SMILES string of the molecule is CN1Cc2cc(C#C[C@@H]3NC(=O)NC3=O)ccc2NC1=O. The highest BCUT2D eigenvalue weighted by Gasteiger charge is 2.27. The fourth-order valence-corrected chi connectivity index (χ4v) is 2.14. The zero-order valence-corrected chi connectivity index (χ0v) is 11.2. The van der Waals surface area contributed by atoms with Crippen LogP contribution in [0.5, 0.6) is 0 Å². The van der Waals surface area contributed by atoms with Crippen LogP contribution in [-0.2, 0) is 11.3 Å². The molecule has 3 N–H and O–H groups in total. The van der Waals surface area contributed by atoms with Crippen LogP contribution in [0, 0.1) is 11.8 Å². The van der Waals surface area contributed by atoms with Gasteiger partial charge in [0.15, 0.2) is 6.04 Å². The lowest BCUT2D eigenvalue weighted by atomic mass is 10.1.